The largest absolute Gasteiger partial charge is 0.491 e. The number of benzene rings is 1. The molecule has 7 nitrogen and oxygen atoms in total. The number of aliphatic carboxylic acids is 1. The monoisotopic (exact) mass is 336 g/mol. The van der Waals surface area contributed by atoms with Crippen LogP contribution in [-0.2, 0) is 9.53 Å². The van der Waals surface area contributed by atoms with Crippen LogP contribution in [0.3, 0.4) is 0 Å². The summed E-state index contributed by atoms with van der Waals surface area (Å²) in [6.45, 7) is 3.66. The first-order valence-corrected chi connectivity index (χ1v) is 8.00. The Kier molecular flexibility index (Phi) is 6.43. The van der Waals surface area contributed by atoms with Crippen LogP contribution in [0.25, 0.3) is 0 Å². The lowest BCUT2D eigenvalue weighted by molar-refractivity contribution is -0.143. The van der Waals surface area contributed by atoms with Gasteiger partial charge in [0.05, 0.1) is 12.5 Å². The minimum absolute atomic E-state index is 0.161. The predicted molar refractivity (Wildman–Crippen MR) is 89.3 cm³/mol. The van der Waals surface area contributed by atoms with E-state index in [2.05, 4.69) is 5.32 Å². The summed E-state index contributed by atoms with van der Waals surface area (Å²) in [6, 6.07) is 6.80. The molecular formula is C17H24N2O5. The quantitative estimate of drug-likeness (QED) is 0.778. The number of hydrogen-bond donors (Lipinski definition) is 2. The first-order valence-electron chi connectivity index (χ1n) is 8.00. The maximum atomic E-state index is 12.4. The molecule has 7 heteroatoms. The molecule has 1 aromatic rings. The molecule has 0 bridgehead atoms. The van der Waals surface area contributed by atoms with Gasteiger partial charge in [-0.05, 0) is 24.5 Å². The van der Waals surface area contributed by atoms with Crippen molar-refractivity contribution in [1.82, 2.24) is 4.90 Å². The van der Waals surface area contributed by atoms with Crippen molar-refractivity contribution < 1.29 is 24.2 Å². The Labute approximate surface area is 141 Å². The van der Waals surface area contributed by atoms with Crippen LogP contribution in [0.4, 0.5) is 10.5 Å². The van der Waals surface area contributed by atoms with E-state index in [1.54, 1.807) is 36.3 Å². The lowest BCUT2D eigenvalue weighted by Gasteiger charge is -2.34. The summed E-state index contributed by atoms with van der Waals surface area (Å²) in [5, 5.41) is 12.0. The molecule has 132 valence electrons. The number of nitrogens with one attached hydrogen (secondary N) is 1. The summed E-state index contributed by atoms with van der Waals surface area (Å²) in [6.07, 6.45) is 0.599. The minimum atomic E-state index is -0.854. The molecule has 0 aliphatic carbocycles. The third kappa shape index (κ3) is 5.13. The highest BCUT2D eigenvalue weighted by molar-refractivity contribution is 5.90. The fraction of sp³-hybridized carbons (Fsp3) is 0.529. The number of ether oxygens (including phenoxy) is 2. The van der Waals surface area contributed by atoms with Gasteiger partial charge in [0.25, 0.3) is 0 Å². The molecular weight excluding hydrogens is 312 g/mol. The van der Waals surface area contributed by atoms with Gasteiger partial charge in [-0.25, -0.2) is 4.79 Å². The van der Waals surface area contributed by atoms with E-state index in [0.717, 1.165) is 0 Å². The lowest BCUT2D eigenvalue weighted by Crippen LogP contribution is -2.47. The second-order valence-electron chi connectivity index (χ2n) is 6.08. The van der Waals surface area contributed by atoms with Gasteiger partial charge in [0.2, 0.25) is 0 Å². The zero-order valence-electron chi connectivity index (χ0n) is 14.0. The van der Waals surface area contributed by atoms with E-state index in [4.69, 9.17) is 9.47 Å². The Hall–Kier alpha value is -2.28. The molecule has 24 heavy (non-hydrogen) atoms. The molecule has 1 heterocycles. The third-order valence-electron chi connectivity index (χ3n) is 3.94. The van der Waals surface area contributed by atoms with E-state index in [1.807, 2.05) is 6.92 Å². The number of likely N-dealkylation sites (tertiary alicyclic amines) is 1. The number of nitrogens with zero attached hydrogens (tertiary/aromatic N) is 1. The number of carbonyl (C=O) groups is 2. The highest BCUT2D eigenvalue weighted by atomic mass is 16.5. The first kappa shape index (κ1) is 18.1. The highest BCUT2D eigenvalue weighted by Crippen LogP contribution is 2.23. The molecule has 1 aromatic carbocycles. The molecule has 2 amide bonds. The summed E-state index contributed by atoms with van der Waals surface area (Å²) in [5.74, 6) is -0.564. The minimum Gasteiger partial charge on any atom is -0.491 e. The Morgan fingerprint density at radius 2 is 2.12 bits per heavy atom. The summed E-state index contributed by atoms with van der Waals surface area (Å²) >= 11 is 0. The molecule has 2 N–H and O–H groups in total. The number of carboxylic acids is 1. The van der Waals surface area contributed by atoms with Crippen molar-refractivity contribution in [2.75, 3.05) is 38.7 Å². The Bertz CT molecular complexity index is 578. The van der Waals surface area contributed by atoms with Crippen molar-refractivity contribution >= 4 is 17.7 Å². The van der Waals surface area contributed by atoms with Crippen molar-refractivity contribution in [3.8, 4) is 5.75 Å². The molecule has 2 unspecified atom stereocenters. The fourth-order valence-corrected chi connectivity index (χ4v) is 2.81. The van der Waals surface area contributed by atoms with Crippen molar-refractivity contribution in [2.45, 2.75) is 13.3 Å². The number of hydrogen-bond acceptors (Lipinski definition) is 4. The number of anilines is 1. The van der Waals surface area contributed by atoms with Crippen LogP contribution in [-0.4, -0.2) is 55.4 Å². The second-order valence-corrected chi connectivity index (χ2v) is 6.08. The third-order valence-corrected chi connectivity index (χ3v) is 3.94. The van der Waals surface area contributed by atoms with E-state index >= 15 is 0 Å². The number of rotatable bonds is 6. The normalized spacial score (nSPS) is 20.5. The van der Waals surface area contributed by atoms with E-state index in [9.17, 15) is 14.7 Å². The zero-order chi connectivity index (χ0) is 17.5. The maximum absolute atomic E-state index is 12.4. The van der Waals surface area contributed by atoms with Crippen LogP contribution < -0.4 is 10.1 Å². The zero-order valence-corrected chi connectivity index (χ0v) is 14.0. The van der Waals surface area contributed by atoms with E-state index in [0.29, 0.717) is 37.6 Å². The van der Waals surface area contributed by atoms with Gasteiger partial charge in [-0.3, -0.25) is 4.79 Å². The van der Waals surface area contributed by atoms with Crippen LogP contribution in [0.15, 0.2) is 24.3 Å². The first-order chi connectivity index (χ1) is 11.5. The van der Waals surface area contributed by atoms with Gasteiger partial charge in [0.15, 0.2) is 0 Å². The van der Waals surface area contributed by atoms with E-state index in [-0.39, 0.29) is 18.5 Å². The van der Waals surface area contributed by atoms with Gasteiger partial charge < -0.3 is 24.8 Å². The maximum Gasteiger partial charge on any atom is 0.321 e. The lowest BCUT2D eigenvalue weighted by atomic mass is 9.91. The number of urea groups is 1. The highest BCUT2D eigenvalue weighted by Gasteiger charge is 2.31. The predicted octanol–water partition coefficient (Wildman–Crippen LogP) is 2.29. The van der Waals surface area contributed by atoms with Crippen molar-refractivity contribution in [2.24, 2.45) is 11.8 Å². The number of methoxy groups -OCH3 is 1. The van der Waals surface area contributed by atoms with E-state index < -0.39 is 11.9 Å². The van der Waals surface area contributed by atoms with Gasteiger partial charge >= 0.3 is 12.0 Å². The van der Waals surface area contributed by atoms with Crippen LogP contribution >= 0.6 is 0 Å². The van der Waals surface area contributed by atoms with Gasteiger partial charge in [-0.1, -0.05) is 13.0 Å². The molecule has 1 saturated heterocycles. The number of amides is 2. The molecule has 1 aliphatic rings. The second kappa shape index (κ2) is 8.54. The Morgan fingerprint density at radius 3 is 2.83 bits per heavy atom. The topological polar surface area (TPSA) is 88.1 Å². The number of piperidine rings is 1. The molecule has 1 aliphatic heterocycles. The van der Waals surface area contributed by atoms with Gasteiger partial charge in [-0.2, -0.15) is 0 Å². The summed E-state index contributed by atoms with van der Waals surface area (Å²) in [7, 11) is 1.60. The fourth-order valence-electron chi connectivity index (χ4n) is 2.81. The van der Waals surface area contributed by atoms with Gasteiger partial charge in [0, 0.05) is 32.0 Å². The molecule has 0 aromatic heterocycles. The van der Waals surface area contributed by atoms with Gasteiger partial charge in [-0.15, -0.1) is 0 Å². The SMILES string of the molecule is COCCOc1cccc(NC(=O)N2CC(C)CC(C(=O)O)C2)c1. The molecule has 0 saturated carbocycles. The Balaban J connectivity index is 1.96. The summed E-state index contributed by atoms with van der Waals surface area (Å²) < 4.78 is 10.4. The summed E-state index contributed by atoms with van der Waals surface area (Å²) in [4.78, 5) is 25.2. The van der Waals surface area contributed by atoms with E-state index in [1.165, 1.54) is 0 Å². The molecule has 2 atom stereocenters. The van der Waals surface area contributed by atoms with Crippen LogP contribution in [0, 0.1) is 11.8 Å². The molecule has 0 radical (unpaired) electrons. The van der Waals surface area contributed by atoms with Crippen LogP contribution in [0.2, 0.25) is 0 Å². The standard InChI is InChI=1S/C17H24N2O5/c1-12-8-13(16(20)21)11-19(10-12)17(22)18-14-4-3-5-15(9-14)24-7-6-23-2/h3-5,9,12-13H,6-8,10-11H2,1-2H3,(H,18,22)(H,20,21). The van der Waals surface area contributed by atoms with Crippen molar-refractivity contribution in [1.29, 1.82) is 0 Å². The summed E-state index contributed by atoms with van der Waals surface area (Å²) in [5.41, 5.74) is 0.611. The molecule has 1 fully saturated rings. The molecule has 0 spiro atoms. The van der Waals surface area contributed by atoms with Crippen molar-refractivity contribution in [3.05, 3.63) is 24.3 Å². The van der Waals surface area contributed by atoms with Crippen LogP contribution in [0.5, 0.6) is 5.75 Å². The number of carbonyl (C=O) groups excluding carboxylic acids is 1. The smallest absolute Gasteiger partial charge is 0.321 e. The van der Waals surface area contributed by atoms with Crippen molar-refractivity contribution in [3.63, 3.8) is 0 Å². The number of carboxylic acid groups (broad SMARTS) is 1. The average molecular weight is 336 g/mol. The molecule has 2 rings (SSSR count). The van der Waals surface area contributed by atoms with Crippen LogP contribution in [0.1, 0.15) is 13.3 Å². The van der Waals surface area contributed by atoms with Gasteiger partial charge in [0.1, 0.15) is 12.4 Å². The average Bonchev–Trinajstić information content (AvgIpc) is 2.55. The Morgan fingerprint density at radius 1 is 1.33 bits per heavy atom.